The van der Waals surface area contributed by atoms with Gasteiger partial charge in [0.05, 0.1) is 0 Å². The molecule has 0 aliphatic rings. The molecule has 0 aromatic heterocycles. The number of nitrogens with one attached hydrogen (secondary N) is 1. The molecule has 2 aromatic rings. The molecule has 1 N–H and O–H groups in total. The van der Waals surface area contributed by atoms with E-state index in [-0.39, 0.29) is 11.9 Å². The fourth-order valence-corrected chi connectivity index (χ4v) is 2.96. The molecule has 1 nitrogen and oxygen atoms in total. The number of benzene rings is 2. The molecule has 0 bridgehead atoms. The third-order valence-electron chi connectivity index (χ3n) is 3.34. The molecule has 2 rings (SSSR count). The topological polar surface area (TPSA) is 12.0 Å². The predicted molar refractivity (Wildman–Crippen MR) is 87.6 cm³/mol. The highest BCUT2D eigenvalue weighted by Crippen LogP contribution is 2.32. The molecule has 1 unspecified atom stereocenters. The monoisotopic (exact) mass is 325 g/mol. The van der Waals surface area contributed by atoms with Crippen LogP contribution in [0.15, 0.2) is 42.5 Å². The Morgan fingerprint density at radius 3 is 2.24 bits per heavy atom. The number of hydrogen-bond donors (Lipinski definition) is 1. The molecule has 0 fully saturated rings. The molecule has 0 saturated heterocycles. The van der Waals surface area contributed by atoms with E-state index in [0.29, 0.717) is 16.5 Å². The largest absolute Gasteiger partial charge is 0.310 e. The molecule has 0 saturated carbocycles. The van der Waals surface area contributed by atoms with Gasteiger partial charge in [0.2, 0.25) is 0 Å². The van der Waals surface area contributed by atoms with Crippen LogP contribution in [0.5, 0.6) is 0 Å². The van der Waals surface area contributed by atoms with Crippen LogP contribution < -0.4 is 5.32 Å². The van der Waals surface area contributed by atoms with Crippen LogP contribution in [0.2, 0.25) is 10.0 Å². The van der Waals surface area contributed by atoms with E-state index in [1.807, 2.05) is 18.2 Å². The fourth-order valence-electron chi connectivity index (χ4n) is 2.29. The highest BCUT2D eigenvalue weighted by Gasteiger charge is 2.18. The van der Waals surface area contributed by atoms with Gasteiger partial charge < -0.3 is 5.32 Å². The van der Waals surface area contributed by atoms with Crippen LogP contribution in [-0.4, -0.2) is 6.54 Å². The van der Waals surface area contributed by atoms with Crippen molar-refractivity contribution in [2.24, 2.45) is 0 Å². The molecular weight excluding hydrogens is 308 g/mol. The molecule has 0 aliphatic heterocycles. The lowest BCUT2D eigenvalue weighted by molar-refractivity contribution is 0.529. The van der Waals surface area contributed by atoms with Gasteiger partial charge in [0.1, 0.15) is 5.82 Å². The minimum atomic E-state index is -0.229. The SMILES string of the molecule is CCCNC(Cc1ccc(F)cc1)c1c(Cl)cccc1Cl. The van der Waals surface area contributed by atoms with E-state index in [4.69, 9.17) is 23.2 Å². The molecule has 21 heavy (non-hydrogen) atoms. The Bertz CT molecular complexity index is 564. The van der Waals surface area contributed by atoms with Gasteiger partial charge in [0.15, 0.2) is 0 Å². The summed E-state index contributed by atoms with van der Waals surface area (Å²) in [5, 5.41) is 4.77. The Kier molecular flexibility index (Phi) is 6.04. The van der Waals surface area contributed by atoms with Crippen LogP contribution in [0, 0.1) is 5.82 Å². The van der Waals surface area contributed by atoms with Crippen molar-refractivity contribution in [3.63, 3.8) is 0 Å². The first-order valence-electron chi connectivity index (χ1n) is 7.03. The summed E-state index contributed by atoms with van der Waals surface area (Å²) >= 11 is 12.6. The minimum absolute atomic E-state index is 0.0108. The van der Waals surface area contributed by atoms with Crippen molar-refractivity contribution < 1.29 is 4.39 Å². The van der Waals surface area contributed by atoms with E-state index >= 15 is 0 Å². The summed E-state index contributed by atoms with van der Waals surface area (Å²) in [5.41, 5.74) is 1.94. The van der Waals surface area contributed by atoms with Gasteiger partial charge in [-0.3, -0.25) is 0 Å². The highest BCUT2D eigenvalue weighted by molar-refractivity contribution is 6.36. The summed E-state index contributed by atoms with van der Waals surface area (Å²) < 4.78 is 13.0. The zero-order valence-corrected chi connectivity index (χ0v) is 13.4. The van der Waals surface area contributed by atoms with Gasteiger partial charge in [-0.05, 0) is 49.2 Å². The van der Waals surface area contributed by atoms with Gasteiger partial charge in [-0.2, -0.15) is 0 Å². The molecule has 0 spiro atoms. The van der Waals surface area contributed by atoms with E-state index < -0.39 is 0 Å². The Hall–Kier alpha value is -1.09. The number of rotatable bonds is 6. The predicted octanol–water partition coefficient (Wildman–Crippen LogP) is 5.42. The molecule has 0 amide bonds. The van der Waals surface area contributed by atoms with Crippen molar-refractivity contribution in [1.29, 1.82) is 0 Å². The summed E-state index contributed by atoms with van der Waals surface area (Å²) in [7, 11) is 0. The Morgan fingerprint density at radius 1 is 1.05 bits per heavy atom. The molecule has 0 radical (unpaired) electrons. The molecule has 2 aromatic carbocycles. The summed E-state index contributed by atoms with van der Waals surface area (Å²) in [4.78, 5) is 0. The Balaban J connectivity index is 2.27. The van der Waals surface area contributed by atoms with Gasteiger partial charge in [0.25, 0.3) is 0 Å². The van der Waals surface area contributed by atoms with Crippen LogP contribution in [0.4, 0.5) is 4.39 Å². The van der Waals surface area contributed by atoms with Crippen molar-refractivity contribution in [3.05, 3.63) is 69.5 Å². The maximum Gasteiger partial charge on any atom is 0.123 e. The lowest BCUT2D eigenvalue weighted by atomic mass is 9.98. The van der Waals surface area contributed by atoms with Crippen LogP contribution in [0.25, 0.3) is 0 Å². The molecule has 1 atom stereocenters. The fraction of sp³-hybridized carbons (Fsp3) is 0.294. The van der Waals surface area contributed by atoms with Crippen molar-refractivity contribution in [3.8, 4) is 0 Å². The first-order chi connectivity index (χ1) is 10.1. The second kappa shape index (κ2) is 7.79. The lowest BCUT2D eigenvalue weighted by Gasteiger charge is -2.21. The van der Waals surface area contributed by atoms with E-state index in [2.05, 4.69) is 12.2 Å². The van der Waals surface area contributed by atoms with Gasteiger partial charge in [-0.15, -0.1) is 0 Å². The normalized spacial score (nSPS) is 12.4. The summed E-state index contributed by atoms with van der Waals surface area (Å²) in [6.45, 7) is 2.98. The Labute approximate surface area is 135 Å². The summed E-state index contributed by atoms with van der Waals surface area (Å²) in [6.07, 6.45) is 1.73. The van der Waals surface area contributed by atoms with E-state index in [9.17, 15) is 4.39 Å². The molecular formula is C17H18Cl2FN. The minimum Gasteiger partial charge on any atom is -0.310 e. The van der Waals surface area contributed by atoms with Crippen molar-refractivity contribution in [2.75, 3.05) is 6.54 Å². The first kappa shape index (κ1) is 16.3. The number of hydrogen-bond acceptors (Lipinski definition) is 1. The third kappa shape index (κ3) is 4.44. The smallest absolute Gasteiger partial charge is 0.123 e. The number of halogens is 3. The molecule has 112 valence electrons. The van der Waals surface area contributed by atoms with Gasteiger partial charge >= 0.3 is 0 Å². The second-order valence-corrected chi connectivity index (χ2v) is 5.79. The van der Waals surface area contributed by atoms with Crippen molar-refractivity contribution in [1.82, 2.24) is 5.32 Å². The maximum atomic E-state index is 13.0. The summed E-state index contributed by atoms with van der Waals surface area (Å²) in [5.74, 6) is -0.229. The third-order valence-corrected chi connectivity index (χ3v) is 4.00. The standard InChI is InChI=1S/C17H18Cl2FN/c1-2-10-21-16(11-12-6-8-13(20)9-7-12)17-14(18)4-3-5-15(17)19/h3-9,16,21H,2,10-11H2,1H3. The van der Waals surface area contributed by atoms with Gasteiger partial charge in [-0.25, -0.2) is 4.39 Å². The Morgan fingerprint density at radius 2 is 1.67 bits per heavy atom. The van der Waals surface area contributed by atoms with Crippen LogP contribution in [0.1, 0.15) is 30.5 Å². The van der Waals surface area contributed by atoms with E-state index in [1.54, 1.807) is 12.1 Å². The average molecular weight is 326 g/mol. The maximum absolute atomic E-state index is 13.0. The zero-order chi connectivity index (χ0) is 15.2. The first-order valence-corrected chi connectivity index (χ1v) is 7.79. The van der Waals surface area contributed by atoms with Gasteiger partial charge in [-0.1, -0.05) is 48.3 Å². The lowest BCUT2D eigenvalue weighted by Crippen LogP contribution is -2.24. The van der Waals surface area contributed by atoms with E-state index in [1.165, 1.54) is 12.1 Å². The highest BCUT2D eigenvalue weighted by atomic mass is 35.5. The zero-order valence-electron chi connectivity index (χ0n) is 11.9. The average Bonchev–Trinajstić information content (AvgIpc) is 2.46. The second-order valence-electron chi connectivity index (χ2n) is 4.97. The molecule has 0 heterocycles. The van der Waals surface area contributed by atoms with Crippen molar-refractivity contribution in [2.45, 2.75) is 25.8 Å². The van der Waals surface area contributed by atoms with Crippen LogP contribution in [-0.2, 0) is 6.42 Å². The van der Waals surface area contributed by atoms with Crippen LogP contribution in [0.3, 0.4) is 0 Å². The van der Waals surface area contributed by atoms with Crippen molar-refractivity contribution >= 4 is 23.2 Å². The van der Waals surface area contributed by atoms with Gasteiger partial charge in [0, 0.05) is 21.7 Å². The molecule has 4 heteroatoms. The van der Waals surface area contributed by atoms with Crippen LogP contribution >= 0.6 is 23.2 Å². The van der Waals surface area contributed by atoms with E-state index in [0.717, 1.165) is 24.1 Å². The molecule has 0 aliphatic carbocycles. The summed E-state index contributed by atoms with van der Waals surface area (Å²) in [6, 6.07) is 12.1. The quantitative estimate of drug-likeness (QED) is 0.748.